The fourth-order valence-corrected chi connectivity index (χ4v) is 4.26. The van der Waals surface area contributed by atoms with E-state index < -0.39 is 0 Å². The second-order valence-corrected chi connectivity index (χ2v) is 8.72. The summed E-state index contributed by atoms with van der Waals surface area (Å²) in [7, 11) is 0. The van der Waals surface area contributed by atoms with Crippen molar-refractivity contribution < 1.29 is 4.79 Å². The van der Waals surface area contributed by atoms with Gasteiger partial charge in [-0.25, -0.2) is 14.5 Å². The molecule has 34 heavy (non-hydrogen) atoms. The van der Waals surface area contributed by atoms with Crippen LogP contribution in [0.2, 0.25) is 0 Å². The number of amides is 1. The van der Waals surface area contributed by atoms with Crippen LogP contribution in [0, 0.1) is 13.8 Å². The minimum atomic E-state index is -0.278. The second kappa shape index (κ2) is 8.26. The Bertz CT molecular complexity index is 1470. The Kier molecular flexibility index (Phi) is 5.24. The monoisotopic (exact) mass is 455 g/mol. The summed E-state index contributed by atoms with van der Waals surface area (Å²) in [6.07, 6.45) is 6.09. The summed E-state index contributed by atoms with van der Waals surface area (Å²) < 4.78 is 1.52. The molecule has 3 aromatic heterocycles. The SMILES string of the molecule is C=C(NC=O)c1cc2nc(-n3c(C)cnc(NCC4(c5ccccn5)CC4)c3=O)[nH]c2cc1C. The molecule has 4 aromatic rings. The molecule has 0 atom stereocenters. The minimum Gasteiger partial charge on any atom is -0.365 e. The van der Waals surface area contributed by atoms with Crippen LogP contribution in [-0.4, -0.2) is 37.5 Å². The number of carbonyl (C=O) groups excluding carboxylic acids is 1. The molecular formula is C25H25N7O2. The van der Waals surface area contributed by atoms with E-state index in [1.54, 1.807) is 12.4 Å². The van der Waals surface area contributed by atoms with Crippen molar-refractivity contribution in [2.24, 2.45) is 0 Å². The molecule has 1 aliphatic carbocycles. The fraction of sp³-hybridized carbons (Fsp3) is 0.240. The van der Waals surface area contributed by atoms with E-state index in [1.807, 2.05) is 44.2 Å². The van der Waals surface area contributed by atoms with Gasteiger partial charge >= 0.3 is 0 Å². The Morgan fingerprint density at radius 1 is 1.26 bits per heavy atom. The molecule has 9 heteroatoms. The highest BCUT2D eigenvalue weighted by Crippen LogP contribution is 2.47. The Morgan fingerprint density at radius 2 is 2.09 bits per heavy atom. The summed E-state index contributed by atoms with van der Waals surface area (Å²) in [5.41, 5.74) is 4.98. The van der Waals surface area contributed by atoms with Crippen molar-refractivity contribution in [2.45, 2.75) is 32.1 Å². The molecule has 0 radical (unpaired) electrons. The number of hydrogen-bond acceptors (Lipinski definition) is 6. The third kappa shape index (κ3) is 3.75. The van der Waals surface area contributed by atoms with E-state index in [1.165, 1.54) is 4.57 Å². The third-order valence-corrected chi connectivity index (χ3v) is 6.38. The predicted octanol–water partition coefficient (Wildman–Crippen LogP) is 2.98. The minimum absolute atomic E-state index is 0.0592. The molecule has 0 spiro atoms. The van der Waals surface area contributed by atoms with Gasteiger partial charge in [-0.05, 0) is 56.5 Å². The number of nitrogens with one attached hydrogen (secondary N) is 3. The van der Waals surface area contributed by atoms with Crippen molar-refractivity contribution >= 4 is 29.0 Å². The number of carbonyl (C=O) groups is 1. The van der Waals surface area contributed by atoms with Crippen LogP contribution in [0.4, 0.5) is 5.82 Å². The Hall–Kier alpha value is -4.27. The zero-order chi connectivity index (χ0) is 23.9. The number of rotatable bonds is 8. The van der Waals surface area contributed by atoms with E-state index in [0.29, 0.717) is 35.8 Å². The van der Waals surface area contributed by atoms with Crippen LogP contribution < -0.4 is 16.2 Å². The lowest BCUT2D eigenvalue weighted by atomic mass is 10.0. The number of aromatic amines is 1. The molecule has 0 bridgehead atoms. The van der Waals surface area contributed by atoms with Gasteiger partial charge in [0.1, 0.15) is 0 Å². The summed E-state index contributed by atoms with van der Waals surface area (Å²) in [5, 5.41) is 5.84. The largest absolute Gasteiger partial charge is 0.365 e. The van der Waals surface area contributed by atoms with Gasteiger partial charge in [0.25, 0.3) is 5.56 Å². The van der Waals surface area contributed by atoms with Crippen LogP contribution in [0.15, 0.2) is 54.1 Å². The summed E-state index contributed by atoms with van der Waals surface area (Å²) in [6, 6.07) is 9.68. The van der Waals surface area contributed by atoms with E-state index in [4.69, 9.17) is 0 Å². The van der Waals surface area contributed by atoms with Gasteiger partial charge in [-0.15, -0.1) is 0 Å². The van der Waals surface area contributed by atoms with E-state index in [0.717, 1.165) is 35.2 Å². The first kappa shape index (κ1) is 21.6. The first-order chi connectivity index (χ1) is 16.4. The molecule has 1 fully saturated rings. The van der Waals surface area contributed by atoms with E-state index in [-0.39, 0.29) is 16.8 Å². The number of hydrogen-bond donors (Lipinski definition) is 3. The number of aryl methyl sites for hydroxylation is 2. The molecule has 0 unspecified atom stereocenters. The lowest BCUT2D eigenvalue weighted by Gasteiger charge is -2.16. The molecule has 3 N–H and O–H groups in total. The fourth-order valence-electron chi connectivity index (χ4n) is 4.26. The normalized spacial score (nSPS) is 14.1. The van der Waals surface area contributed by atoms with Gasteiger partial charge in [0.05, 0.1) is 11.0 Å². The van der Waals surface area contributed by atoms with E-state index in [2.05, 4.69) is 37.1 Å². The van der Waals surface area contributed by atoms with Gasteiger partial charge in [0, 0.05) is 47.0 Å². The van der Waals surface area contributed by atoms with Gasteiger partial charge < -0.3 is 15.6 Å². The van der Waals surface area contributed by atoms with Crippen molar-refractivity contribution in [3.8, 4) is 5.95 Å². The number of benzene rings is 1. The lowest BCUT2D eigenvalue weighted by Crippen LogP contribution is -2.29. The van der Waals surface area contributed by atoms with Gasteiger partial charge in [-0.3, -0.25) is 14.6 Å². The number of anilines is 1. The molecule has 1 aliphatic rings. The molecule has 1 saturated carbocycles. The van der Waals surface area contributed by atoms with Crippen molar-refractivity contribution in [1.29, 1.82) is 0 Å². The van der Waals surface area contributed by atoms with Gasteiger partial charge in [-0.2, -0.15) is 0 Å². The van der Waals surface area contributed by atoms with Crippen molar-refractivity contribution in [2.75, 3.05) is 11.9 Å². The average Bonchev–Trinajstić information content (AvgIpc) is 3.52. The molecule has 0 saturated heterocycles. The zero-order valence-electron chi connectivity index (χ0n) is 19.1. The van der Waals surface area contributed by atoms with Crippen molar-refractivity contribution in [1.82, 2.24) is 29.8 Å². The maximum Gasteiger partial charge on any atom is 0.300 e. The topological polar surface area (TPSA) is 118 Å². The Balaban J connectivity index is 1.47. The highest BCUT2D eigenvalue weighted by molar-refractivity contribution is 5.84. The average molecular weight is 456 g/mol. The zero-order valence-corrected chi connectivity index (χ0v) is 19.1. The summed E-state index contributed by atoms with van der Waals surface area (Å²) >= 11 is 0. The molecule has 1 amide bonds. The molecule has 172 valence electrons. The number of H-pyrrole nitrogens is 1. The van der Waals surface area contributed by atoms with Crippen LogP contribution >= 0.6 is 0 Å². The summed E-state index contributed by atoms with van der Waals surface area (Å²) in [6.45, 7) is 8.22. The van der Waals surface area contributed by atoms with E-state index in [9.17, 15) is 9.59 Å². The Morgan fingerprint density at radius 3 is 2.79 bits per heavy atom. The number of imidazole rings is 1. The maximum atomic E-state index is 13.4. The Labute approximate surface area is 196 Å². The van der Waals surface area contributed by atoms with Crippen LogP contribution in [0.3, 0.4) is 0 Å². The molecule has 0 aliphatic heterocycles. The quantitative estimate of drug-likeness (QED) is 0.352. The van der Waals surface area contributed by atoms with Crippen molar-refractivity contribution in [3.63, 3.8) is 0 Å². The first-order valence-electron chi connectivity index (χ1n) is 11.1. The van der Waals surface area contributed by atoms with Crippen molar-refractivity contribution in [3.05, 3.63) is 82.2 Å². The van der Waals surface area contributed by atoms with Gasteiger partial charge in [0.2, 0.25) is 12.4 Å². The van der Waals surface area contributed by atoms with Gasteiger partial charge in [-0.1, -0.05) is 12.6 Å². The number of pyridine rings is 1. The smallest absolute Gasteiger partial charge is 0.300 e. The molecular weight excluding hydrogens is 430 g/mol. The standard InChI is InChI=1S/C25H25N7O2/c1-15-10-19-20(11-18(15)17(3)29-14-33)31-24(30-19)32-16(2)12-27-22(23(32)34)28-13-25(7-8-25)21-6-4-5-9-26-21/h4-6,9-12,14H,3,7-8,13H2,1-2H3,(H,27,28)(H,29,33)(H,30,31). The van der Waals surface area contributed by atoms with Crippen LogP contribution in [0.25, 0.3) is 22.7 Å². The predicted molar refractivity (Wildman–Crippen MR) is 131 cm³/mol. The number of aromatic nitrogens is 5. The number of nitrogens with zero attached hydrogens (tertiary/aromatic N) is 4. The molecule has 5 rings (SSSR count). The lowest BCUT2D eigenvalue weighted by molar-refractivity contribution is -0.108. The molecule has 1 aromatic carbocycles. The molecule has 3 heterocycles. The summed E-state index contributed by atoms with van der Waals surface area (Å²) in [4.78, 5) is 40.9. The van der Waals surface area contributed by atoms with Crippen LogP contribution in [-0.2, 0) is 10.2 Å². The summed E-state index contributed by atoms with van der Waals surface area (Å²) in [5.74, 6) is 0.674. The van der Waals surface area contributed by atoms with Crippen LogP contribution in [0.5, 0.6) is 0 Å². The van der Waals surface area contributed by atoms with Gasteiger partial charge in [0.15, 0.2) is 5.82 Å². The maximum absolute atomic E-state index is 13.4. The van der Waals surface area contributed by atoms with Crippen LogP contribution in [0.1, 0.15) is 35.4 Å². The third-order valence-electron chi connectivity index (χ3n) is 6.38. The van der Waals surface area contributed by atoms with E-state index >= 15 is 0 Å². The number of fused-ring (bicyclic) bond motifs is 1. The first-order valence-corrected chi connectivity index (χ1v) is 11.1. The highest BCUT2D eigenvalue weighted by Gasteiger charge is 2.45. The second-order valence-electron chi connectivity index (χ2n) is 8.72. The highest BCUT2D eigenvalue weighted by atomic mass is 16.1. The molecule has 9 nitrogen and oxygen atoms in total.